The third-order valence-corrected chi connectivity index (χ3v) is 4.07. The lowest BCUT2D eigenvalue weighted by Crippen LogP contribution is -2.40. The monoisotopic (exact) mass is 351 g/mol. The van der Waals surface area contributed by atoms with E-state index in [2.05, 4.69) is 10.3 Å². The second kappa shape index (κ2) is 8.75. The molecule has 23 heavy (non-hydrogen) atoms. The summed E-state index contributed by atoms with van der Waals surface area (Å²) in [6.07, 6.45) is 2.48. The van der Waals surface area contributed by atoms with Crippen molar-refractivity contribution < 1.29 is 4.79 Å². The molecular formula is C17H19Cl2N3O. The van der Waals surface area contributed by atoms with Crippen LogP contribution in [0.1, 0.15) is 18.2 Å². The van der Waals surface area contributed by atoms with E-state index in [0.717, 1.165) is 17.7 Å². The van der Waals surface area contributed by atoms with E-state index in [1.807, 2.05) is 31.2 Å². The van der Waals surface area contributed by atoms with Gasteiger partial charge in [0.1, 0.15) is 0 Å². The van der Waals surface area contributed by atoms with Crippen molar-refractivity contribution in [1.29, 1.82) is 0 Å². The van der Waals surface area contributed by atoms with Gasteiger partial charge in [-0.15, -0.1) is 0 Å². The van der Waals surface area contributed by atoms with Gasteiger partial charge in [0.15, 0.2) is 0 Å². The van der Waals surface area contributed by atoms with Gasteiger partial charge in [0.05, 0.1) is 0 Å². The second-order valence-corrected chi connectivity index (χ2v) is 5.89. The third-order valence-electron chi connectivity index (χ3n) is 3.48. The molecule has 122 valence electrons. The molecule has 0 radical (unpaired) electrons. The maximum atomic E-state index is 12.3. The largest absolute Gasteiger partial charge is 0.334 e. The molecule has 6 heteroatoms. The van der Waals surface area contributed by atoms with Gasteiger partial charge in [-0.3, -0.25) is 4.98 Å². The van der Waals surface area contributed by atoms with Gasteiger partial charge in [-0.2, -0.15) is 0 Å². The van der Waals surface area contributed by atoms with Crippen LogP contribution >= 0.6 is 23.2 Å². The summed E-state index contributed by atoms with van der Waals surface area (Å²) < 4.78 is 0. The van der Waals surface area contributed by atoms with Crippen LogP contribution < -0.4 is 5.32 Å². The number of nitrogens with zero attached hydrogens (tertiary/aromatic N) is 2. The fourth-order valence-corrected chi connectivity index (χ4v) is 2.62. The fourth-order valence-electron chi connectivity index (χ4n) is 2.15. The van der Waals surface area contributed by atoms with Gasteiger partial charge in [0.2, 0.25) is 0 Å². The van der Waals surface area contributed by atoms with Gasteiger partial charge >= 0.3 is 6.03 Å². The molecule has 2 amide bonds. The number of carbonyl (C=O) groups excluding carboxylic acids is 1. The molecular weight excluding hydrogens is 333 g/mol. The van der Waals surface area contributed by atoms with Gasteiger partial charge in [0.25, 0.3) is 0 Å². The van der Waals surface area contributed by atoms with E-state index in [1.54, 1.807) is 23.2 Å². The third kappa shape index (κ3) is 5.41. The highest BCUT2D eigenvalue weighted by molar-refractivity contribution is 6.35. The molecule has 0 unspecified atom stereocenters. The zero-order valence-electron chi connectivity index (χ0n) is 12.9. The molecule has 0 aliphatic rings. The molecule has 1 aromatic heterocycles. The van der Waals surface area contributed by atoms with Crippen LogP contribution in [0.25, 0.3) is 0 Å². The molecule has 0 spiro atoms. The molecule has 0 aliphatic heterocycles. The zero-order valence-corrected chi connectivity index (χ0v) is 14.4. The first-order valence-electron chi connectivity index (χ1n) is 7.46. The molecule has 0 saturated heterocycles. The Morgan fingerprint density at radius 3 is 2.74 bits per heavy atom. The van der Waals surface area contributed by atoms with Crippen molar-refractivity contribution in [3.8, 4) is 0 Å². The number of aromatic nitrogens is 1. The van der Waals surface area contributed by atoms with E-state index >= 15 is 0 Å². The van der Waals surface area contributed by atoms with Crippen molar-refractivity contribution >= 4 is 29.2 Å². The summed E-state index contributed by atoms with van der Waals surface area (Å²) in [5, 5.41) is 4.02. The number of benzene rings is 1. The van der Waals surface area contributed by atoms with Gasteiger partial charge in [-0.05, 0) is 36.8 Å². The highest BCUT2D eigenvalue weighted by Gasteiger charge is 2.12. The lowest BCUT2D eigenvalue weighted by molar-refractivity contribution is 0.200. The van der Waals surface area contributed by atoms with Gasteiger partial charge in [-0.1, -0.05) is 35.3 Å². The highest BCUT2D eigenvalue weighted by Crippen LogP contribution is 2.20. The lowest BCUT2D eigenvalue weighted by atomic mass is 10.2. The van der Waals surface area contributed by atoms with Crippen LogP contribution in [0.3, 0.4) is 0 Å². The zero-order chi connectivity index (χ0) is 16.7. The minimum absolute atomic E-state index is 0.116. The summed E-state index contributed by atoms with van der Waals surface area (Å²) in [5.74, 6) is 0. The molecule has 0 fully saturated rings. The molecule has 0 atom stereocenters. The number of carbonyl (C=O) groups is 1. The van der Waals surface area contributed by atoms with Crippen molar-refractivity contribution in [2.75, 3.05) is 13.1 Å². The van der Waals surface area contributed by atoms with E-state index in [0.29, 0.717) is 29.7 Å². The summed E-state index contributed by atoms with van der Waals surface area (Å²) in [4.78, 5) is 18.3. The molecule has 1 aromatic carbocycles. The minimum atomic E-state index is -0.116. The highest BCUT2D eigenvalue weighted by atomic mass is 35.5. The van der Waals surface area contributed by atoms with Crippen LogP contribution in [-0.2, 0) is 13.0 Å². The van der Waals surface area contributed by atoms with Crippen molar-refractivity contribution in [2.45, 2.75) is 19.9 Å². The quantitative estimate of drug-likeness (QED) is 0.848. The Bertz CT molecular complexity index is 650. The fraction of sp³-hybridized carbons (Fsp3) is 0.294. The Balaban J connectivity index is 1.87. The van der Waals surface area contributed by atoms with Gasteiger partial charge < -0.3 is 10.2 Å². The summed E-state index contributed by atoms with van der Waals surface area (Å²) in [7, 11) is 0. The number of nitrogens with one attached hydrogen (secondary N) is 1. The first-order chi connectivity index (χ1) is 11.1. The Morgan fingerprint density at radius 2 is 2.09 bits per heavy atom. The number of likely N-dealkylation sites (N-methyl/N-ethyl adjacent to an activating group) is 1. The van der Waals surface area contributed by atoms with Crippen LogP contribution in [0.4, 0.5) is 4.79 Å². The molecule has 1 N–H and O–H groups in total. The van der Waals surface area contributed by atoms with Crippen molar-refractivity contribution in [3.63, 3.8) is 0 Å². The average Bonchev–Trinajstić information content (AvgIpc) is 2.55. The number of amides is 2. The average molecular weight is 352 g/mol. The smallest absolute Gasteiger partial charge is 0.317 e. The summed E-state index contributed by atoms with van der Waals surface area (Å²) in [5.41, 5.74) is 1.81. The molecule has 2 rings (SSSR count). The number of halogens is 2. The molecule has 4 nitrogen and oxygen atoms in total. The summed E-state index contributed by atoms with van der Waals surface area (Å²) in [6.45, 7) is 3.57. The Morgan fingerprint density at radius 1 is 1.26 bits per heavy atom. The standard InChI is InChI=1S/C17H19Cl2N3O/c1-2-22(10-8-15-5-3-4-9-20-15)17(23)21-12-13-6-7-14(18)11-16(13)19/h3-7,9,11H,2,8,10,12H2,1H3,(H,21,23). The van der Waals surface area contributed by atoms with E-state index in [1.165, 1.54) is 0 Å². The van der Waals surface area contributed by atoms with E-state index in [4.69, 9.17) is 23.2 Å². The van der Waals surface area contributed by atoms with Gasteiger partial charge in [0, 0.05) is 48.0 Å². The molecule has 0 bridgehead atoms. The maximum absolute atomic E-state index is 12.3. The van der Waals surface area contributed by atoms with Crippen molar-refractivity contribution in [3.05, 3.63) is 63.9 Å². The maximum Gasteiger partial charge on any atom is 0.317 e. The number of rotatable bonds is 6. The molecule has 0 aliphatic carbocycles. The topological polar surface area (TPSA) is 45.2 Å². The summed E-state index contributed by atoms with van der Waals surface area (Å²) >= 11 is 12.0. The lowest BCUT2D eigenvalue weighted by Gasteiger charge is -2.21. The molecule has 2 aromatic rings. The van der Waals surface area contributed by atoms with E-state index in [-0.39, 0.29) is 6.03 Å². The number of pyridine rings is 1. The van der Waals surface area contributed by atoms with Crippen LogP contribution in [0.15, 0.2) is 42.6 Å². The molecule has 0 saturated carbocycles. The number of urea groups is 1. The normalized spacial score (nSPS) is 10.4. The minimum Gasteiger partial charge on any atom is -0.334 e. The Kier molecular flexibility index (Phi) is 6.68. The summed E-state index contributed by atoms with van der Waals surface area (Å²) in [6, 6.07) is 10.9. The van der Waals surface area contributed by atoms with Crippen molar-refractivity contribution in [2.24, 2.45) is 0 Å². The first kappa shape index (κ1) is 17.6. The van der Waals surface area contributed by atoms with Crippen LogP contribution in [0.5, 0.6) is 0 Å². The van der Waals surface area contributed by atoms with Crippen LogP contribution in [0, 0.1) is 0 Å². The Hall–Kier alpha value is -1.78. The number of hydrogen-bond donors (Lipinski definition) is 1. The Labute approximate surface area is 146 Å². The predicted octanol–water partition coefficient (Wildman–Crippen LogP) is 4.16. The van der Waals surface area contributed by atoms with Gasteiger partial charge in [-0.25, -0.2) is 4.79 Å². The predicted molar refractivity (Wildman–Crippen MR) is 93.9 cm³/mol. The van der Waals surface area contributed by atoms with Crippen LogP contribution in [0.2, 0.25) is 10.0 Å². The van der Waals surface area contributed by atoms with E-state index < -0.39 is 0 Å². The van der Waals surface area contributed by atoms with Crippen LogP contribution in [-0.4, -0.2) is 29.0 Å². The SMILES string of the molecule is CCN(CCc1ccccn1)C(=O)NCc1ccc(Cl)cc1Cl. The molecule has 1 heterocycles. The van der Waals surface area contributed by atoms with E-state index in [9.17, 15) is 4.79 Å². The second-order valence-electron chi connectivity index (χ2n) is 5.05. The first-order valence-corrected chi connectivity index (χ1v) is 8.22. The van der Waals surface area contributed by atoms with Crippen molar-refractivity contribution in [1.82, 2.24) is 15.2 Å². The number of hydrogen-bond acceptors (Lipinski definition) is 2.